The number of rotatable bonds is 6. The van der Waals surface area contributed by atoms with Gasteiger partial charge in [-0.25, -0.2) is 4.79 Å². The highest BCUT2D eigenvalue weighted by Crippen LogP contribution is 2.22. The average molecular weight is 438 g/mol. The molecular formula is C20H22N8O4. The molecule has 0 radical (unpaired) electrons. The molecule has 0 unspecified atom stereocenters. The third-order valence-corrected chi connectivity index (χ3v) is 5.35. The maximum absolute atomic E-state index is 12.5. The summed E-state index contributed by atoms with van der Waals surface area (Å²) in [6.07, 6.45) is 6.24. The van der Waals surface area contributed by atoms with Gasteiger partial charge >= 0.3 is 5.69 Å². The van der Waals surface area contributed by atoms with Gasteiger partial charge in [-0.15, -0.1) is 0 Å². The Kier molecular flexibility index (Phi) is 5.92. The van der Waals surface area contributed by atoms with Crippen LogP contribution >= 0.6 is 0 Å². The van der Waals surface area contributed by atoms with E-state index in [1.54, 1.807) is 30.0 Å². The molecule has 0 spiro atoms. The quantitative estimate of drug-likeness (QED) is 0.350. The van der Waals surface area contributed by atoms with Crippen LogP contribution in [0.15, 0.2) is 44.1 Å². The molecule has 1 aliphatic heterocycles. The van der Waals surface area contributed by atoms with Gasteiger partial charge in [-0.05, 0) is 37.0 Å². The van der Waals surface area contributed by atoms with Crippen LogP contribution in [0, 0.1) is 10.1 Å². The Labute approximate surface area is 181 Å². The molecule has 4 rings (SSSR count). The van der Waals surface area contributed by atoms with Crippen LogP contribution < -0.4 is 16.1 Å². The molecule has 0 aliphatic carbocycles. The second-order valence-electron chi connectivity index (χ2n) is 7.45. The molecule has 1 fully saturated rings. The SMILES string of the molecule is Cn1c(=O)[nH]c(=O)c2c1nc(N1CCCCC1)n2C/C=N/N=C/c1ccc([N+](=O)[O-])cc1. The summed E-state index contributed by atoms with van der Waals surface area (Å²) in [6.45, 7) is 1.89. The lowest BCUT2D eigenvalue weighted by Gasteiger charge is -2.27. The number of nitrogens with zero attached hydrogens (tertiary/aromatic N) is 7. The third-order valence-electron chi connectivity index (χ3n) is 5.35. The van der Waals surface area contributed by atoms with Gasteiger partial charge in [-0.3, -0.25) is 29.0 Å². The van der Waals surface area contributed by atoms with Crippen molar-refractivity contribution in [2.75, 3.05) is 18.0 Å². The monoisotopic (exact) mass is 438 g/mol. The summed E-state index contributed by atoms with van der Waals surface area (Å²) >= 11 is 0. The second-order valence-corrected chi connectivity index (χ2v) is 7.45. The van der Waals surface area contributed by atoms with Crippen molar-refractivity contribution in [2.24, 2.45) is 17.3 Å². The summed E-state index contributed by atoms with van der Waals surface area (Å²) in [4.78, 5) is 43.8. The Morgan fingerprint density at radius 3 is 2.56 bits per heavy atom. The molecule has 1 saturated heterocycles. The Morgan fingerprint density at radius 1 is 1.16 bits per heavy atom. The van der Waals surface area contributed by atoms with Gasteiger partial charge in [0.15, 0.2) is 11.2 Å². The van der Waals surface area contributed by atoms with E-state index >= 15 is 0 Å². The van der Waals surface area contributed by atoms with E-state index in [1.165, 1.54) is 22.9 Å². The van der Waals surface area contributed by atoms with Gasteiger partial charge in [0, 0.05) is 38.5 Å². The lowest BCUT2D eigenvalue weighted by atomic mass is 10.1. The molecule has 12 heteroatoms. The minimum atomic E-state index is -0.515. The smallest absolute Gasteiger partial charge is 0.329 e. The maximum atomic E-state index is 12.5. The van der Waals surface area contributed by atoms with Crippen LogP contribution in [0.1, 0.15) is 24.8 Å². The summed E-state index contributed by atoms with van der Waals surface area (Å²) in [5, 5.41) is 18.7. The molecular weight excluding hydrogens is 416 g/mol. The zero-order valence-electron chi connectivity index (χ0n) is 17.5. The number of fused-ring (bicyclic) bond motifs is 1. The largest absolute Gasteiger partial charge is 0.342 e. The number of H-pyrrole nitrogens is 1. The van der Waals surface area contributed by atoms with Crippen molar-refractivity contribution in [1.82, 2.24) is 19.1 Å². The van der Waals surface area contributed by atoms with Crippen LogP contribution in [-0.2, 0) is 13.6 Å². The minimum absolute atomic E-state index is 0.00232. The molecule has 1 N–H and O–H groups in total. The molecule has 1 aliphatic rings. The topological polar surface area (TPSA) is 144 Å². The molecule has 2 aromatic heterocycles. The van der Waals surface area contributed by atoms with Crippen molar-refractivity contribution in [3.63, 3.8) is 0 Å². The molecule has 0 saturated carbocycles. The third kappa shape index (κ3) is 4.19. The van der Waals surface area contributed by atoms with E-state index in [4.69, 9.17) is 0 Å². The number of nitro groups is 1. The van der Waals surface area contributed by atoms with E-state index in [0.29, 0.717) is 22.7 Å². The molecule has 0 atom stereocenters. The lowest BCUT2D eigenvalue weighted by molar-refractivity contribution is -0.384. The van der Waals surface area contributed by atoms with Gasteiger partial charge in [0.05, 0.1) is 17.7 Å². The first-order valence-corrected chi connectivity index (χ1v) is 10.2. The van der Waals surface area contributed by atoms with Crippen molar-refractivity contribution in [1.29, 1.82) is 0 Å². The first-order chi connectivity index (χ1) is 15.5. The molecule has 0 amide bonds. The van der Waals surface area contributed by atoms with Crippen molar-refractivity contribution < 1.29 is 4.92 Å². The van der Waals surface area contributed by atoms with Crippen molar-refractivity contribution >= 4 is 35.2 Å². The number of hydrogen-bond acceptors (Lipinski definition) is 8. The number of imidazole rings is 1. The Morgan fingerprint density at radius 2 is 1.88 bits per heavy atom. The van der Waals surface area contributed by atoms with Crippen molar-refractivity contribution in [2.45, 2.75) is 25.8 Å². The van der Waals surface area contributed by atoms with Crippen LogP contribution in [-0.4, -0.2) is 49.5 Å². The van der Waals surface area contributed by atoms with Crippen LogP contribution in [0.4, 0.5) is 11.6 Å². The molecule has 3 aromatic rings. The fourth-order valence-corrected chi connectivity index (χ4v) is 3.68. The van der Waals surface area contributed by atoms with Crippen LogP contribution in [0.5, 0.6) is 0 Å². The molecule has 0 bridgehead atoms. The molecule has 166 valence electrons. The number of non-ortho nitro benzene ring substituents is 1. The first-order valence-electron chi connectivity index (χ1n) is 10.2. The number of aromatic nitrogens is 4. The molecule has 1 aromatic carbocycles. The lowest BCUT2D eigenvalue weighted by Crippen LogP contribution is -2.32. The molecule has 12 nitrogen and oxygen atoms in total. The summed E-state index contributed by atoms with van der Waals surface area (Å²) in [7, 11) is 1.57. The highest BCUT2D eigenvalue weighted by atomic mass is 16.6. The normalized spacial score (nSPS) is 14.7. The summed E-state index contributed by atoms with van der Waals surface area (Å²) < 4.78 is 3.06. The fraction of sp³-hybridized carbons (Fsp3) is 0.350. The van der Waals surface area contributed by atoms with Gasteiger partial charge in [-0.2, -0.15) is 15.2 Å². The number of hydrogen-bond donors (Lipinski definition) is 1. The van der Waals surface area contributed by atoms with E-state index in [9.17, 15) is 19.7 Å². The van der Waals surface area contributed by atoms with Gasteiger partial charge in [0.2, 0.25) is 5.95 Å². The fourth-order valence-electron chi connectivity index (χ4n) is 3.68. The van der Waals surface area contributed by atoms with E-state index in [2.05, 4.69) is 25.1 Å². The summed E-state index contributed by atoms with van der Waals surface area (Å²) in [5.41, 5.74) is 0.282. The summed E-state index contributed by atoms with van der Waals surface area (Å²) in [5.74, 6) is 0.622. The Balaban J connectivity index is 1.61. The maximum Gasteiger partial charge on any atom is 0.329 e. The van der Waals surface area contributed by atoms with E-state index in [0.717, 1.165) is 32.4 Å². The Hall–Kier alpha value is -4.09. The van der Waals surface area contributed by atoms with Crippen LogP contribution in [0.2, 0.25) is 0 Å². The van der Waals surface area contributed by atoms with E-state index in [1.807, 2.05) is 0 Å². The molecule has 32 heavy (non-hydrogen) atoms. The highest BCUT2D eigenvalue weighted by molar-refractivity contribution is 5.80. The number of aromatic amines is 1. The van der Waals surface area contributed by atoms with Gasteiger partial charge in [0.1, 0.15) is 0 Å². The highest BCUT2D eigenvalue weighted by Gasteiger charge is 2.22. The van der Waals surface area contributed by atoms with E-state index < -0.39 is 16.2 Å². The average Bonchev–Trinajstić information content (AvgIpc) is 3.18. The van der Waals surface area contributed by atoms with E-state index in [-0.39, 0.29) is 12.2 Å². The number of nitrogens with one attached hydrogen (secondary N) is 1. The van der Waals surface area contributed by atoms with Crippen LogP contribution in [0.25, 0.3) is 11.2 Å². The standard InChI is InChI=1S/C20H22N8O4/c1-25-17-16(18(29)24-20(25)30)27(19(23-17)26-10-3-2-4-11-26)12-9-21-22-13-14-5-7-15(8-6-14)28(31)32/h5-9,13H,2-4,10-12H2,1H3,(H,24,29,30)/b21-9+,22-13+. The minimum Gasteiger partial charge on any atom is -0.342 e. The second kappa shape index (κ2) is 8.96. The van der Waals surface area contributed by atoms with Crippen molar-refractivity contribution in [3.05, 3.63) is 60.8 Å². The Bertz CT molecular complexity index is 1310. The summed E-state index contributed by atoms with van der Waals surface area (Å²) in [6, 6.07) is 5.94. The number of nitro benzene ring substituents is 1. The molecule has 3 heterocycles. The number of piperidine rings is 1. The van der Waals surface area contributed by atoms with Crippen molar-refractivity contribution in [3.8, 4) is 0 Å². The van der Waals surface area contributed by atoms with Gasteiger partial charge in [0.25, 0.3) is 11.2 Å². The number of anilines is 1. The van der Waals surface area contributed by atoms with Crippen LogP contribution in [0.3, 0.4) is 0 Å². The number of benzene rings is 1. The van der Waals surface area contributed by atoms with Gasteiger partial charge in [-0.1, -0.05) is 0 Å². The zero-order chi connectivity index (χ0) is 22.7. The predicted octanol–water partition coefficient (Wildman–Crippen LogP) is 1.43. The zero-order valence-corrected chi connectivity index (χ0v) is 17.5. The van der Waals surface area contributed by atoms with Gasteiger partial charge < -0.3 is 4.90 Å². The predicted molar refractivity (Wildman–Crippen MR) is 121 cm³/mol. The first kappa shape index (κ1) is 21.2. The number of aryl methyl sites for hydroxylation is 1.